The molecule has 0 spiro atoms. The number of H-pyrrole nitrogens is 1. The van der Waals surface area contributed by atoms with E-state index in [1.54, 1.807) is 24.0 Å². The summed E-state index contributed by atoms with van der Waals surface area (Å²) in [7, 11) is 0. The van der Waals surface area contributed by atoms with Crippen molar-refractivity contribution in [2.75, 3.05) is 13.1 Å². The highest BCUT2D eigenvalue weighted by Gasteiger charge is 2.37. The number of likely N-dealkylation sites (tertiary alicyclic amines) is 1. The minimum absolute atomic E-state index is 0.0485. The minimum Gasteiger partial charge on any atom is -0.348 e. The smallest absolute Gasteiger partial charge is 0.270 e. The van der Waals surface area contributed by atoms with Gasteiger partial charge < -0.3 is 9.88 Å². The van der Waals surface area contributed by atoms with Crippen molar-refractivity contribution in [1.29, 1.82) is 0 Å². The van der Waals surface area contributed by atoms with Gasteiger partial charge in [0.25, 0.3) is 5.91 Å². The normalized spacial score (nSPS) is 15.0. The molecular formula is C19H29FN2O. The van der Waals surface area contributed by atoms with Gasteiger partial charge in [-0.05, 0) is 24.0 Å². The molecule has 2 heterocycles. The first-order chi connectivity index (χ1) is 10.9. The minimum atomic E-state index is -0.277. The second-order valence-corrected chi connectivity index (χ2v) is 6.17. The molecule has 0 unspecified atom stereocenters. The molecule has 4 heteroatoms. The maximum absolute atomic E-state index is 13.9. The number of aryl methyl sites for hydroxylation is 1. The molecule has 0 aliphatic carbocycles. The molecule has 3 nitrogen and oxygen atoms in total. The van der Waals surface area contributed by atoms with Gasteiger partial charge in [-0.25, -0.2) is 4.39 Å². The molecule has 23 heavy (non-hydrogen) atoms. The monoisotopic (exact) mass is 320 g/mol. The summed E-state index contributed by atoms with van der Waals surface area (Å²) in [6.45, 7) is 15.5. The van der Waals surface area contributed by atoms with E-state index in [9.17, 15) is 9.18 Å². The lowest BCUT2D eigenvalue weighted by Gasteiger charge is -2.45. The lowest BCUT2D eigenvalue weighted by Crippen LogP contribution is -2.55. The van der Waals surface area contributed by atoms with Crippen LogP contribution in [0.25, 0.3) is 10.9 Å². The van der Waals surface area contributed by atoms with Crippen molar-refractivity contribution in [2.45, 2.75) is 48.5 Å². The van der Waals surface area contributed by atoms with Gasteiger partial charge in [-0.2, -0.15) is 0 Å². The number of halogens is 1. The lowest BCUT2D eigenvalue weighted by atomic mass is 9.84. The van der Waals surface area contributed by atoms with E-state index >= 15 is 0 Å². The summed E-state index contributed by atoms with van der Waals surface area (Å²) in [5, 5.41) is 0.742. The van der Waals surface area contributed by atoms with Crippen LogP contribution < -0.4 is 0 Å². The van der Waals surface area contributed by atoms with Crippen LogP contribution >= 0.6 is 0 Å². The first-order valence-electron chi connectivity index (χ1n) is 8.44. The van der Waals surface area contributed by atoms with E-state index in [1.807, 2.05) is 33.8 Å². The Balaban J connectivity index is 0.000000615. The fourth-order valence-electron chi connectivity index (χ4n) is 2.68. The van der Waals surface area contributed by atoms with Crippen LogP contribution in [0.15, 0.2) is 18.2 Å². The number of rotatable bonds is 1. The molecule has 1 saturated heterocycles. The van der Waals surface area contributed by atoms with E-state index < -0.39 is 0 Å². The number of fused-ring (bicyclic) bond motifs is 1. The largest absolute Gasteiger partial charge is 0.348 e. The predicted molar refractivity (Wildman–Crippen MR) is 95.4 cm³/mol. The van der Waals surface area contributed by atoms with Gasteiger partial charge in [0.05, 0.1) is 5.52 Å². The molecule has 1 fully saturated rings. The Kier molecular flexibility index (Phi) is 6.37. The van der Waals surface area contributed by atoms with Crippen LogP contribution in [-0.4, -0.2) is 28.9 Å². The topological polar surface area (TPSA) is 36.1 Å². The Morgan fingerprint density at radius 3 is 2.26 bits per heavy atom. The molecular weight excluding hydrogens is 291 g/mol. The summed E-state index contributed by atoms with van der Waals surface area (Å²) in [5.41, 5.74) is 1.67. The fraction of sp³-hybridized carbons (Fsp3) is 0.526. The highest BCUT2D eigenvalue weighted by atomic mass is 19.1. The molecule has 1 N–H and O–H groups in total. The van der Waals surface area contributed by atoms with Crippen LogP contribution in [0, 0.1) is 18.2 Å². The molecule has 128 valence electrons. The zero-order valence-corrected chi connectivity index (χ0v) is 15.4. The number of benzene rings is 1. The molecule has 2 aromatic rings. The van der Waals surface area contributed by atoms with Crippen molar-refractivity contribution in [3.05, 3.63) is 35.3 Å². The van der Waals surface area contributed by atoms with Gasteiger partial charge in [0.2, 0.25) is 0 Å². The first kappa shape index (κ1) is 19.2. The second-order valence-electron chi connectivity index (χ2n) is 6.17. The van der Waals surface area contributed by atoms with E-state index in [1.165, 1.54) is 0 Å². The van der Waals surface area contributed by atoms with Crippen LogP contribution in [0.1, 0.15) is 57.6 Å². The molecule has 0 atom stereocenters. The number of carbonyl (C=O) groups is 1. The maximum atomic E-state index is 13.9. The van der Waals surface area contributed by atoms with Crippen LogP contribution in [0.4, 0.5) is 4.39 Å². The van der Waals surface area contributed by atoms with E-state index in [4.69, 9.17) is 0 Å². The van der Waals surface area contributed by atoms with E-state index in [2.05, 4.69) is 18.8 Å². The fourth-order valence-corrected chi connectivity index (χ4v) is 2.68. The number of carbonyl (C=O) groups excluding carboxylic acids is 1. The Bertz CT molecular complexity index is 665. The third-order valence-corrected chi connectivity index (χ3v) is 3.68. The third-order valence-electron chi connectivity index (χ3n) is 3.68. The predicted octanol–water partition coefficient (Wildman–Crippen LogP) is 5.15. The van der Waals surface area contributed by atoms with E-state index in [0.29, 0.717) is 16.8 Å². The molecule has 1 aromatic carbocycles. The molecule has 0 bridgehead atoms. The molecule has 0 radical (unpaired) electrons. The zero-order valence-electron chi connectivity index (χ0n) is 15.4. The Hall–Kier alpha value is -1.84. The first-order valence-corrected chi connectivity index (χ1v) is 8.44. The standard InChI is InChI=1S/C15H17FN2O.2C2H6/c1-9-4-5-10-6-11(17-13(10)12(9)16)14(19)18-7-15(2,3)8-18;2*1-2/h4-6,17H,7-8H2,1-3H3;2*1-2H3. The number of aromatic amines is 1. The van der Waals surface area contributed by atoms with Gasteiger partial charge in [0.15, 0.2) is 0 Å². The number of nitrogens with zero attached hydrogens (tertiary/aromatic N) is 1. The molecule has 1 aliphatic rings. The summed E-state index contributed by atoms with van der Waals surface area (Å²) in [5.74, 6) is -0.326. The number of hydrogen-bond donors (Lipinski definition) is 1. The van der Waals surface area contributed by atoms with Crippen LogP contribution in [0.5, 0.6) is 0 Å². The molecule has 1 amide bonds. The quantitative estimate of drug-likeness (QED) is 0.775. The highest BCUT2D eigenvalue weighted by molar-refractivity contribution is 5.98. The van der Waals surface area contributed by atoms with E-state index in [0.717, 1.165) is 18.5 Å². The van der Waals surface area contributed by atoms with Crippen molar-refractivity contribution in [2.24, 2.45) is 5.41 Å². The van der Waals surface area contributed by atoms with Gasteiger partial charge in [0, 0.05) is 18.5 Å². The van der Waals surface area contributed by atoms with Gasteiger partial charge in [-0.15, -0.1) is 0 Å². The van der Waals surface area contributed by atoms with Crippen LogP contribution in [-0.2, 0) is 0 Å². The summed E-state index contributed by atoms with van der Waals surface area (Å²) >= 11 is 0. The van der Waals surface area contributed by atoms with Crippen LogP contribution in [0.2, 0.25) is 0 Å². The molecule has 1 aromatic heterocycles. The highest BCUT2D eigenvalue weighted by Crippen LogP contribution is 2.30. The lowest BCUT2D eigenvalue weighted by molar-refractivity contribution is 0.0232. The maximum Gasteiger partial charge on any atom is 0.270 e. The zero-order chi connectivity index (χ0) is 17.8. The second kappa shape index (κ2) is 7.62. The third kappa shape index (κ3) is 3.92. The SMILES string of the molecule is CC.CC.Cc1ccc2cc(C(=O)N3CC(C)(C)C3)[nH]c2c1F. The van der Waals surface area contributed by atoms with Crippen molar-refractivity contribution < 1.29 is 9.18 Å². The van der Waals surface area contributed by atoms with Gasteiger partial charge in [-0.3, -0.25) is 4.79 Å². The van der Waals surface area contributed by atoms with Crippen LogP contribution in [0.3, 0.4) is 0 Å². The molecule has 1 aliphatic heterocycles. The van der Waals surface area contributed by atoms with Gasteiger partial charge in [0.1, 0.15) is 11.5 Å². The molecule has 3 rings (SSSR count). The summed E-state index contributed by atoms with van der Waals surface area (Å²) in [6, 6.07) is 5.29. The number of nitrogens with one attached hydrogen (secondary N) is 1. The number of hydrogen-bond acceptors (Lipinski definition) is 1. The Labute approximate surface area is 138 Å². The summed E-state index contributed by atoms with van der Waals surface area (Å²) < 4.78 is 13.9. The number of amides is 1. The van der Waals surface area contributed by atoms with Crippen molar-refractivity contribution >= 4 is 16.8 Å². The summed E-state index contributed by atoms with van der Waals surface area (Å²) in [4.78, 5) is 17.0. The van der Waals surface area contributed by atoms with Crippen molar-refractivity contribution in [3.8, 4) is 0 Å². The average molecular weight is 320 g/mol. The Morgan fingerprint density at radius 1 is 1.17 bits per heavy atom. The average Bonchev–Trinajstić information content (AvgIpc) is 2.97. The van der Waals surface area contributed by atoms with Crippen molar-refractivity contribution in [3.63, 3.8) is 0 Å². The molecule has 0 saturated carbocycles. The van der Waals surface area contributed by atoms with Gasteiger partial charge in [-0.1, -0.05) is 53.7 Å². The number of aromatic nitrogens is 1. The van der Waals surface area contributed by atoms with E-state index in [-0.39, 0.29) is 17.1 Å². The van der Waals surface area contributed by atoms with Gasteiger partial charge >= 0.3 is 0 Å². The Morgan fingerprint density at radius 2 is 1.74 bits per heavy atom. The van der Waals surface area contributed by atoms with Crippen molar-refractivity contribution in [1.82, 2.24) is 9.88 Å². The summed E-state index contributed by atoms with van der Waals surface area (Å²) in [6.07, 6.45) is 0.